The summed E-state index contributed by atoms with van der Waals surface area (Å²) >= 11 is 1.99. The normalized spacial score (nSPS) is 27.2. The summed E-state index contributed by atoms with van der Waals surface area (Å²) in [6, 6.07) is 0.490. The maximum Gasteiger partial charge on any atom is 0.0958 e. The Morgan fingerprint density at radius 1 is 1.60 bits per heavy atom. The van der Waals surface area contributed by atoms with Crippen molar-refractivity contribution in [3.8, 4) is 0 Å². The van der Waals surface area contributed by atoms with E-state index in [1.807, 2.05) is 24.3 Å². The molecule has 1 saturated heterocycles. The molecule has 0 bridgehead atoms. The molecule has 2 heterocycles. The van der Waals surface area contributed by atoms with Crippen LogP contribution in [0.5, 0.6) is 0 Å². The molecule has 0 spiro atoms. The van der Waals surface area contributed by atoms with E-state index in [2.05, 4.69) is 35.6 Å². The summed E-state index contributed by atoms with van der Waals surface area (Å²) in [5.74, 6) is 2.02. The number of aromatic nitrogens is 2. The predicted octanol–water partition coefficient (Wildman–Crippen LogP) is 2.44. The first kappa shape index (κ1) is 11.0. The van der Waals surface area contributed by atoms with Gasteiger partial charge in [-0.25, -0.2) is 4.98 Å². The second kappa shape index (κ2) is 4.58. The Bertz CT molecular complexity index is 313. The van der Waals surface area contributed by atoms with Gasteiger partial charge in [-0.3, -0.25) is 0 Å². The lowest BCUT2D eigenvalue weighted by Gasteiger charge is -2.28. The summed E-state index contributed by atoms with van der Waals surface area (Å²) in [6.07, 6.45) is 3.92. The van der Waals surface area contributed by atoms with Crippen LogP contribution < -0.4 is 5.32 Å². The van der Waals surface area contributed by atoms with E-state index < -0.39 is 0 Å². The fraction of sp³-hybridized carbons (Fsp3) is 0.727. The quantitative estimate of drug-likeness (QED) is 0.838. The number of rotatable bonds is 2. The smallest absolute Gasteiger partial charge is 0.0958 e. The van der Waals surface area contributed by atoms with E-state index in [9.17, 15) is 0 Å². The Morgan fingerprint density at radius 3 is 3.00 bits per heavy atom. The third-order valence-corrected chi connectivity index (χ3v) is 4.22. The third kappa shape index (κ3) is 2.37. The molecule has 0 saturated carbocycles. The van der Waals surface area contributed by atoms with Crippen LogP contribution in [0.15, 0.2) is 12.5 Å². The van der Waals surface area contributed by atoms with Crippen LogP contribution in [0.3, 0.4) is 0 Å². The van der Waals surface area contributed by atoms with Crippen molar-refractivity contribution in [2.24, 2.45) is 5.92 Å². The topological polar surface area (TPSA) is 29.9 Å². The lowest BCUT2D eigenvalue weighted by atomic mass is 10.2. The fourth-order valence-corrected chi connectivity index (χ4v) is 3.03. The van der Waals surface area contributed by atoms with Crippen LogP contribution in [0, 0.1) is 5.92 Å². The van der Waals surface area contributed by atoms with Crippen LogP contribution in [0.1, 0.15) is 37.9 Å². The maximum atomic E-state index is 4.25. The van der Waals surface area contributed by atoms with Crippen molar-refractivity contribution in [1.29, 1.82) is 0 Å². The van der Waals surface area contributed by atoms with Crippen molar-refractivity contribution in [2.75, 3.05) is 12.3 Å². The first-order chi connectivity index (χ1) is 7.18. The van der Waals surface area contributed by atoms with E-state index in [0.717, 1.165) is 12.5 Å². The average Bonchev–Trinajstić information content (AvgIpc) is 2.67. The number of nitrogens with zero attached hydrogens (tertiary/aromatic N) is 2. The highest BCUT2D eigenvalue weighted by molar-refractivity contribution is 7.99. The first-order valence-electron chi connectivity index (χ1n) is 5.55. The lowest BCUT2D eigenvalue weighted by molar-refractivity contribution is 0.496. The van der Waals surface area contributed by atoms with Gasteiger partial charge in [0.2, 0.25) is 0 Å². The largest absolute Gasteiger partial charge is 0.330 e. The van der Waals surface area contributed by atoms with E-state index >= 15 is 0 Å². The molecule has 1 aromatic heterocycles. The van der Waals surface area contributed by atoms with Gasteiger partial charge in [0.1, 0.15) is 0 Å². The molecule has 0 aliphatic carbocycles. The molecular formula is C11H19N3S. The predicted molar refractivity (Wildman–Crippen MR) is 65.0 cm³/mol. The molecular weight excluding hydrogens is 206 g/mol. The van der Waals surface area contributed by atoms with Crippen molar-refractivity contribution < 1.29 is 0 Å². The van der Waals surface area contributed by atoms with Gasteiger partial charge < -0.3 is 9.88 Å². The number of imidazole rings is 1. The Hall–Kier alpha value is -0.480. The Labute approximate surface area is 95.7 Å². The van der Waals surface area contributed by atoms with E-state index in [1.165, 1.54) is 11.4 Å². The van der Waals surface area contributed by atoms with Gasteiger partial charge in [-0.2, -0.15) is 0 Å². The van der Waals surface area contributed by atoms with Crippen molar-refractivity contribution in [3.63, 3.8) is 0 Å². The highest BCUT2D eigenvalue weighted by Crippen LogP contribution is 2.32. The van der Waals surface area contributed by atoms with Gasteiger partial charge in [0.25, 0.3) is 0 Å². The van der Waals surface area contributed by atoms with E-state index in [4.69, 9.17) is 0 Å². The molecule has 3 nitrogen and oxygen atoms in total. The van der Waals surface area contributed by atoms with Gasteiger partial charge in [0.15, 0.2) is 0 Å². The zero-order valence-corrected chi connectivity index (χ0v) is 10.4. The summed E-state index contributed by atoms with van der Waals surface area (Å²) in [6.45, 7) is 7.79. The molecule has 15 heavy (non-hydrogen) atoms. The minimum atomic E-state index is 0.422. The Kier molecular flexibility index (Phi) is 3.36. The van der Waals surface area contributed by atoms with Crippen molar-refractivity contribution in [3.05, 3.63) is 18.2 Å². The highest BCUT2D eigenvalue weighted by Gasteiger charge is 2.22. The van der Waals surface area contributed by atoms with Gasteiger partial charge in [-0.1, -0.05) is 6.92 Å². The standard InChI is InChI=1S/C11H19N3S/c1-8(2)14-7-12-5-10(14)11-13-4-9(3)6-15-11/h5,7-9,11,13H,4,6H2,1-3H3. The van der Waals surface area contributed by atoms with Gasteiger partial charge in [0, 0.05) is 6.04 Å². The molecule has 2 rings (SSSR count). The molecule has 0 aromatic carbocycles. The highest BCUT2D eigenvalue weighted by atomic mass is 32.2. The van der Waals surface area contributed by atoms with E-state index in [1.54, 1.807) is 0 Å². The molecule has 0 radical (unpaired) electrons. The summed E-state index contributed by atoms with van der Waals surface area (Å²) in [4.78, 5) is 4.25. The SMILES string of the molecule is CC1CNC(c2cncn2C(C)C)SC1. The number of nitrogens with one attached hydrogen (secondary N) is 1. The van der Waals surface area contributed by atoms with Crippen LogP contribution in [0.25, 0.3) is 0 Å². The number of hydrogen-bond donors (Lipinski definition) is 1. The summed E-state index contributed by atoms with van der Waals surface area (Å²) in [7, 11) is 0. The van der Waals surface area contributed by atoms with Crippen LogP contribution in [-0.2, 0) is 0 Å². The van der Waals surface area contributed by atoms with Crippen molar-refractivity contribution >= 4 is 11.8 Å². The van der Waals surface area contributed by atoms with Crippen molar-refractivity contribution in [1.82, 2.24) is 14.9 Å². The molecule has 2 atom stereocenters. The lowest BCUT2D eigenvalue weighted by Crippen LogP contribution is -2.32. The molecule has 0 amide bonds. The summed E-state index contributed by atoms with van der Waals surface area (Å²) in [5.41, 5.74) is 1.31. The Morgan fingerprint density at radius 2 is 2.40 bits per heavy atom. The molecule has 2 unspecified atom stereocenters. The molecule has 1 aliphatic heterocycles. The van der Waals surface area contributed by atoms with Gasteiger partial charge in [-0.05, 0) is 32.1 Å². The zero-order valence-electron chi connectivity index (χ0n) is 9.60. The van der Waals surface area contributed by atoms with Crippen LogP contribution >= 0.6 is 11.8 Å². The molecule has 1 fully saturated rings. The van der Waals surface area contributed by atoms with E-state index in [0.29, 0.717) is 11.4 Å². The first-order valence-corrected chi connectivity index (χ1v) is 6.60. The van der Waals surface area contributed by atoms with Crippen molar-refractivity contribution in [2.45, 2.75) is 32.2 Å². The second-order valence-electron chi connectivity index (χ2n) is 4.55. The molecule has 1 N–H and O–H groups in total. The number of thioether (sulfide) groups is 1. The minimum absolute atomic E-state index is 0.422. The molecule has 1 aliphatic rings. The fourth-order valence-electron chi connectivity index (χ4n) is 1.83. The van der Waals surface area contributed by atoms with Gasteiger partial charge in [-0.15, -0.1) is 11.8 Å². The molecule has 4 heteroatoms. The maximum absolute atomic E-state index is 4.25. The zero-order chi connectivity index (χ0) is 10.8. The minimum Gasteiger partial charge on any atom is -0.330 e. The Balaban J connectivity index is 2.12. The third-order valence-electron chi connectivity index (χ3n) is 2.72. The monoisotopic (exact) mass is 225 g/mol. The van der Waals surface area contributed by atoms with Crippen LogP contribution in [0.4, 0.5) is 0 Å². The molecule has 84 valence electrons. The average molecular weight is 225 g/mol. The van der Waals surface area contributed by atoms with Crippen LogP contribution in [0.2, 0.25) is 0 Å². The van der Waals surface area contributed by atoms with Gasteiger partial charge >= 0.3 is 0 Å². The summed E-state index contributed by atoms with van der Waals surface area (Å²) < 4.78 is 2.25. The summed E-state index contributed by atoms with van der Waals surface area (Å²) in [5, 5.41) is 3.99. The van der Waals surface area contributed by atoms with Gasteiger partial charge in [0.05, 0.1) is 23.6 Å². The number of hydrogen-bond acceptors (Lipinski definition) is 3. The van der Waals surface area contributed by atoms with Crippen LogP contribution in [-0.4, -0.2) is 21.8 Å². The van der Waals surface area contributed by atoms with E-state index in [-0.39, 0.29) is 0 Å². The second-order valence-corrected chi connectivity index (χ2v) is 5.68. The molecule has 1 aromatic rings.